The van der Waals surface area contributed by atoms with Crippen molar-refractivity contribution in [3.8, 4) is 11.5 Å². The molecule has 0 bridgehead atoms. The smallest absolute Gasteiger partial charge is 0.165 e. The molecule has 0 radical (unpaired) electrons. The van der Waals surface area contributed by atoms with Crippen LogP contribution in [-0.2, 0) is 35.2 Å². The Morgan fingerprint density at radius 1 is 0.673 bits per heavy atom. The van der Waals surface area contributed by atoms with Crippen molar-refractivity contribution in [2.45, 2.75) is 64.3 Å². The summed E-state index contributed by atoms with van der Waals surface area (Å²) in [7, 11) is -2.55. The zero-order valence-corrected chi connectivity index (χ0v) is 32.1. The molecule has 2 N–H and O–H groups in total. The molecule has 7 nitrogen and oxygen atoms in total. The lowest BCUT2D eigenvalue weighted by atomic mass is 10.2. The lowest BCUT2D eigenvalue weighted by Gasteiger charge is -2.12. The molecule has 0 spiro atoms. The number of carbonyl (C=O) groups is 1. The molecule has 0 fully saturated rings. The predicted octanol–water partition coefficient (Wildman–Crippen LogP) is 8.14. The van der Waals surface area contributed by atoms with Gasteiger partial charge in [-0.05, 0) is 94.6 Å². The van der Waals surface area contributed by atoms with Crippen molar-refractivity contribution in [1.29, 1.82) is 0 Å². The summed E-state index contributed by atoms with van der Waals surface area (Å²) in [4.78, 5) is 10.4. The Morgan fingerprint density at radius 3 is 1.41 bits per heavy atom. The van der Waals surface area contributed by atoms with E-state index in [0.29, 0.717) is 30.6 Å². The molecule has 0 aliphatic rings. The first-order valence-corrected chi connectivity index (χ1v) is 16.9. The average Bonchev–Trinajstić information content (AvgIpc) is 3.03. The fraction of sp³-hybridized carbons (Fsp3) is 0.278. The van der Waals surface area contributed by atoms with Crippen LogP contribution in [0.3, 0.4) is 0 Å². The Morgan fingerprint density at radius 2 is 1.06 bits per heavy atom. The van der Waals surface area contributed by atoms with Gasteiger partial charge in [-0.15, -0.1) is 0 Å². The van der Waals surface area contributed by atoms with Gasteiger partial charge in [-0.3, -0.25) is 9.93 Å². The first kappa shape index (κ1) is 45.6. The third-order valence-electron chi connectivity index (χ3n) is 5.95. The summed E-state index contributed by atoms with van der Waals surface area (Å²) in [6.07, 6.45) is 2.02. The minimum Gasteiger partial charge on any atom is -0.486 e. The van der Waals surface area contributed by atoms with Crippen molar-refractivity contribution in [2.75, 3.05) is 0 Å². The predicted molar refractivity (Wildman–Crippen MR) is 208 cm³/mol. The number of carbonyl (C=O) groups excluding carboxylic acids is 1. The van der Waals surface area contributed by atoms with Crippen molar-refractivity contribution in [3.05, 3.63) is 131 Å². The Bertz CT molecular complexity index is 1650. The molecule has 2 atom stereocenters. The average molecular weight is 753 g/mol. The maximum atomic E-state index is 14.0. The highest BCUT2D eigenvalue weighted by atomic mass is 32.2. The summed E-state index contributed by atoms with van der Waals surface area (Å²) in [5, 5.41) is 5.04. The van der Waals surface area contributed by atoms with Gasteiger partial charge in [-0.1, -0.05) is 60.7 Å². The number of ether oxygens (including phenoxy) is 2. The molecular formula is C36H46F2N2O5S4. The summed E-state index contributed by atoms with van der Waals surface area (Å²) in [5.74, 6) is -0.653. The summed E-state index contributed by atoms with van der Waals surface area (Å²) < 4.78 is 63.8. The van der Waals surface area contributed by atoms with E-state index in [1.807, 2.05) is 102 Å². The highest BCUT2D eigenvalue weighted by Gasteiger charge is 2.18. The largest absolute Gasteiger partial charge is 0.486 e. The monoisotopic (exact) mass is 752 g/mol. The van der Waals surface area contributed by atoms with E-state index in [-0.39, 0.29) is 43.2 Å². The number of halogens is 2. The molecule has 4 aromatic carbocycles. The molecule has 4 rings (SSSR count). The van der Waals surface area contributed by atoms with Crippen LogP contribution in [0, 0.1) is 11.6 Å². The summed E-state index contributed by atoms with van der Waals surface area (Å²) in [5.41, 5.74) is 2.78. The van der Waals surface area contributed by atoms with Crippen LogP contribution in [0.25, 0.3) is 0 Å². The van der Waals surface area contributed by atoms with E-state index in [4.69, 9.17) is 14.6 Å². The molecule has 0 heterocycles. The van der Waals surface area contributed by atoms with Gasteiger partial charge in [0.1, 0.15) is 30.5 Å². The molecule has 0 aliphatic carbocycles. The quantitative estimate of drug-likeness (QED) is 0.137. The Labute approximate surface area is 307 Å². The van der Waals surface area contributed by atoms with Crippen LogP contribution < -0.4 is 14.6 Å². The first-order chi connectivity index (χ1) is 22.1. The minimum atomic E-state index is -1.36. The zero-order chi connectivity index (χ0) is 35.0. The highest BCUT2D eigenvalue weighted by Crippen LogP contribution is 2.21. The Kier molecular flexibility index (Phi) is 20.8. The second-order valence-electron chi connectivity index (χ2n) is 12.1. The number of rotatable bonds is 9. The molecule has 4 aromatic rings. The zero-order valence-electron chi connectivity index (χ0n) is 28.4. The van der Waals surface area contributed by atoms with Crippen LogP contribution in [0.4, 0.5) is 8.78 Å². The number of benzene rings is 4. The van der Waals surface area contributed by atoms with Crippen LogP contribution in [0.5, 0.6) is 11.5 Å². The van der Waals surface area contributed by atoms with Crippen molar-refractivity contribution < 1.29 is 31.5 Å². The van der Waals surface area contributed by atoms with E-state index >= 15 is 0 Å². The number of aldehydes is 1. The van der Waals surface area contributed by atoms with Gasteiger partial charge in [0.25, 0.3) is 0 Å². The first-order valence-electron chi connectivity index (χ1n) is 14.6. The fourth-order valence-corrected chi connectivity index (χ4v) is 3.69. The van der Waals surface area contributed by atoms with Gasteiger partial charge in [0.05, 0.1) is 20.5 Å². The van der Waals surface area contributed by atoms with Crippen molar-refractivity contribution >= 4 is 61.5 Å². The van der Waals surface area contributed by atoms with E-state index in [0.717, 1.165) is 17.2 Å². The molecule has 1 unspecified atom stereocenters. The third-order valence-corrected chi connectivity index (χ3v) is 8.50. The summed E-state index contributed by atoms with van der Waals surface area (Å²) in [6, 6.07) is 27.8. The summed E-state index contributed by atoms with van der Waals surface area (Å²) >= 11 is 0. The molecular weight excluding hydrogens is 707 g/mol. The number of hydrogen-bond acceptors (Lipinski definition) is 5. The SMILES string of the molecule is CC(C)(C)S(N)=O.CC(C)(C)[S@](=O)N=Cc1ccc(OCc2ccccc2)c(F)c1.O=Cc1ccc(OCc2ccccc2)c(F)c1.S.S. The Hall–Kier alpha value is -3.36. The topological polar surface area (TPSA) is 108 Å². The summed E-state index contributed by atoms with van der Waals surface area (Å²) in [6.45, 7) is 11.6. The van der Waals surface area contributed by atoms with Gasteiger partial charge < -0.3 is 9.47 Å². The molecule has 13 heteroatoms. The van der Waals surface area contributed by atoms with Gasteiger partial charge in [0.15, 0.2) is 23.1 Å². The van der Waals surface area contributed by atoms with Crippen molar-refractivity contribution in [1.82, 2.24) is 0 Å². The molecule has 0 aromatic heterocycles. The number of nitrogens with zero attached hydrogens (tertiary/aromatic N) is 1. The van der Waals surface area contributed by atoms with Crippen LogP contribution in [0.2, 0.25) is 0 Å². The maximum Gasteiger partial charge on any atom is 0.165 e. The van der Waals surface area contributed by atoms with Crippen molar-refractivity contribution in [3.63, 3.8) is 0 Å². The van der Waals surface area contributed by atoms with Crippen LogP contribution in [0.1, 0.15) is 68.6 Å². The molecule has 0 saturated heterocycles. The lowest BCUT2D eigenvalue weighted by molar-refractivity contribution is 0.112. The maximum absolute atomic E-state index is 14.0. The number of hydrogen-bond donors (Lipinski definition) is 1. The van der Waals surface area contributed by atoms with Gasteiger partial charge >= 0.3 is 0 Å². The van der Waals surface area contributed by atoms with Crippen LogP contribution in [0.15, 0.2) is 101 Å². The van der Waals surface area contributed by atoms with E-state index < -0.39 is 38.4 Å². The van der Waals surface area contributed by atoms with Gasteiger partial charge in [-0.25, -0.2) is 17.2 Å². The second kappa shape index (κ2) is 22.4. The molecule has 49 heavy (non-hydrogen) atoms. The second-order valence-corrected chi connectivity index (χ2v) is 15.8. The normalized spacial score (nSPS) is 12.0. The van der Waals surface area contributed by atoms with E-state index in [1.165, 1.54) is 24.4 Å². The number of nitrogens with two attached hydrogens (primary N) is 1. The van der Waals surface area contributed by atoms with E-state index in [2.05, 4.69) is 4.40 Å². The van der Waals surface area contributed by atoms with Crippen LogP contribution in [-0.4, -0.2) is 30.4 Å². The lowest BCUT2D eigenvalue weighted by Crippen LogP contribution is -2.27. The third kappa shape index (κ3) is 17.7. The Balaban J connectivity index is 0.000000782. The van der Waals surface area contributed by atoms with E-state index in [9.17, 15) is 22.0 Å². The van der Waals surface area contributed by atoms with Crippen LogP contribution >= 0.6 is 27.0 Å². The molecule has 0 aliphatic heterocycles. The van der Waals surface area contributed by atoms with Gasteiger partial charge in [0, 0.05) is 11.8 Å². The standard InChI is InChI=1S/C18H20FNO2S.C14H11FO2.C4H11NOS.2H2S/c1-18(2,3)23(21)20-12-15-9-10-17(16(19)11-15)22-13-14-7-5-4-6-8-14;15-13-8-12(9-16)6-7-14(13)17-10-11-4-2-1-3-5-11;1-4(2,3)7(5)6;;/h4-12H,13H2,1-3H3;1-9H,10H2;5H2,1-3H3;2*1H2/t23-;;;;/m0..../s1. The molecule has 268 valence electrons. The van der Waals surface area contributed by atoms with Crippen molar-refractivity contribution in [2.24, 2.45) is 9.54 Å². The van der Waals surface area contributed by atoms with Gasteiger partial charge in [-0.2, -0.15) is 31.4 Å². The molecule has 0 saturated carbocycles. The highest BCUT2D eigenvalue weighted by molar-refractivity contribution is 7.85. The van der Waals surface area contributed by atoms with Gasteiger partial charge in [0.2, 0.25) is 0 Å². The minimum absolute atomic E-state index is 0. The molecule has 0 amide bonds. The fourth-order valence-electron chi connectivity index (χ4n) is 3.16. The van der Waals surface area contributed by atoms with E-state index in [1.54, 1.807) is 12.1 Å².